The van der Waals surface area contributed by atoms with Crippen LogP contribution >= 0.6 is 0 Å². The molecule has 0 unspecified atom stereocenters. The van der Waals surface area contributed by atoms with E-state index in [1.807, 2.05) is 25.1 Å². The van der Waals surface area contributed by atoms with Gasteiger partial charge in [0, 0.05) is 19.6 Å². The maximum atomic E-state index is 12.1. The molecule has 0 aromatic heterocycles. The molecule has 0 saturated heterocycles. The Hall–Kier alpha value is -0.910. The first-order valence-corrected chi connectivity index (χ1v) is 7.89. The van der Waals surface area contributed by atoms with E-state index in [1.54, 1.807) is 0 Å². The van der Waals surface area contributed by atoms with Crippen molar-refractivity contribution < 1.29 is 8.42 Å². The zero-order valence-corrected chi connectivity index (χ0v) is 11.5. The van der Waals surface area contributed by atoms with Crippen LogP contribution in [-0.2, 0) is 23.2 Å². The monoisotopic (exact) mass is 268 g/mol. The Morgan fingerprint density at radius 2 is 2.00 bits per heavy atom. The largest absolute Gasteiger partial charge is 0.279 e. The smallest absolute Gasteiger partial charge is 0.202 e. The van der Waals surface area contributed by atoms with Crippen molar-refractivity contribution in [3.05, 3.63) is 35.4 Å². The van der Waals surface area contributed by atoms with Gasteiger partial charge in [0.15, 0.2) is 0 Å². The molecule has 0 fully saturated rings. The number of hydrogen-bond donors (Lipinski definition) is 1. The van der Waals surface area contributed by atoms with Crippen LogP contribution < -0.4 is 4.72 Å². The van der Waals surface area contributed by atoms with E-state index in [0.717, 1.165) is 24.8 Å². The molecule has 1 aromatic rings. The van der Waals surface area contributed by atoms with Crippen molar-refractivity contribution in [1.29, 1.82) is 0 Å². The van der Waals surface area contributed by atoms with Crippen LogP contribution in [0.1, 0.15) is 30.9 Å². The number of rotatable bonds is 5. The molecule has 0 atom stereocenters. The molecule has 0 bridgehead atoms. The van der Waals surface area contributed by atoms with E-state index >= 15 is 0 Å². The predicted molar refractivity (Wildman–Crippen MR) is 72.4 cm³/mol. The molecular weight excluding hydrogens is 248 g/mol. The Morgan fingerprint density at radius 1 is 1.28 bits per heavy atom. The molecule has 2 rings (SSSR count). The maximum absolute atomic E-state index is 12.1. The lowest BCUT2D eigenvalue weighted by atomic mass is 10.0. The second-order valence-electron chi connectivity index (χ2n) is 4.61. The quantitative estimate of drug-likeness (QED) is 0.826. The fraction of sp³-hybridized carbons (Fsp3) is 0.538. The summed E-state index contributed by atoms with van der Waals surface area (Å²) in [5.74, 6) is 0. The van der Waals surface area contributed by atoms with Crippen molar-refractivity contribution in [2.45, 2.75) is 32.7 Å². The first kappa shape index (κ1) is 13.5. The number of fused-ring (bicyclic) bond motifs is 1. The van der Waals surface area contributed by atoms with E-state index in [4.69, 9.17) is 0 Å². The van der Waals surface area contributed by atoms with Gasteiger partial charge in [-0.25, -0.2) is 4.72 Å². The Bertz CT molecular complexity index is 499. The minimum absolute atomic E-state index is 0.484. The van der Waals surface area contributed by atoms with Crippen LogP contribution in [0.4, 0.5) is 0 Å². The van der Waals surface area contributed by atoms with E-state index in [0.29, 0.717) is 19.6 Å². The average molecular weight is 268 g/mol. The number of hydrogen-bond acceptors (Lipinski definition) is 2. The first-order valence-electron chi connectivity index (χ1n) is 6.45. The van der Waals surface area contributed by atoms with Gasteiger partial charge in [-0.1, -0.05) is 37.6 Å². The predicted octanol–water partition coefficient (Wildman–Crippen LogP) is 1.68. The normalized spacial score (nSPS) is 16.5. The molecule has 0 saturated carbocycles. The average Bonchev–Trinajstić information content (AvgIpc) is 2.38. The summed E-state index contributed by atoms with van der Waals surface area (Å²) in [7, 11) is -3.31. The highest BCUT2D eigenvalue weighted by Gasteiger charge is 2.25. The van der Waals surface area contributed by atoms with Gasteiger partial charge in [0.1, 0.15) is 0 Å². The molecule has 0 radical (unpaired) electrons. The SMILES string of the molecule is CCCCNS(=O)(=O)N1CCc2ccccc2C1. The van der Waals surface area contributed by atoms with Crippen molar-refractivity contribution in [2.24, 2.45) is 0 Å². The van der Waals surface area contributed by atoms with E-state index < -0.39 is 10.2 Å². The molecule has 0 spiro atoms. The molecule has 1 aliphatic heterocycles. The zero-order valence-electron chi connectivity index (χ0n) is 10.7. The van der Waals surface area contributed by atoms with Gasteiger partial charge in [0.2, 0.25) is 0 Å². The number of nitrogens with one attached hydrogen (secondary N) is 1. The summed E-state index contributed by atoms with van der Waals surface area (Å²) in [6.45, 7) is 3.62. The minimum Gasteiger partial charge on any atom is -0.202 e. The topological polar surface area (TPSA) is 49.4 Å². The van der Waals surface area contributed by atoms with Crippen molar-refractivity contribution >= 4 is 10.2 Å². The molecule has 1 aromatic carbocycles. The van der Waals surface area contributed by atoms with E-state index in [1.165, 1.54) is 9.87 Å². The highest BCUT2D eigenvalue weighted by molar-refractivity contribution is 7.87. The van der Waals surface area contributed by atoms with Crippen LogP contribution in [0.2, 0.25) is 0 Å². The second kappa shape index (κ2) is 5.82. The van der Waals surface area contributed by atoms with Crippen LogP contribution in [0.15, 0.2) is 24.3 Å². The van der Waals surface area contributed by atoms with Crippen molar-refractivity contribution in [3.63, 3.8) is 0 Å². The van der Waals surface area contributed by atoms with Crippen molar-refractivity contribution in [1.82, 2.24) is 9.03 Å². The van der Waals surface area contributed by atoms with Gasteiger partial charge in [-0.05, 0) is 24.0 Å². The molecule has 1 N–H and O–H groups in total. The van der Waals surface area contributed by atoms with Crippen LogP contribution in [-0.4, -0.2) is 25.8 Å². The molecule has 4 nitrogen and oxygen atoms in total. The van der Waals surface area contributed by atoms with Crippen molar-refractivity contribution in [2.75, 3.05) is 13.1 Å². The summed E-state index contributed by atoms with van der Waals surface area (Å²) in [6, 6.07) is 8.04. The summed E-state index contributed by atoms with van der Waals surface area (Å²) in [4.78, 5) is 0. The fourth-order valence-electron chi connectivity index (χ4n) is 2.14. The Labute approximate surface area is 109 Å². The summed E-state index contributed by atoms with van der Waals surface area (Å²) < 4.78 is 28.4. The zero-order chi connectivity index (χ0) is 13.0. The molecule has 100 valence electrons. The molecule has 0 aliphatic carbocycles. The van der Waals surface area contributed by atoms with Gasteiger partial charge in [0.25, 0.3) is 10.2 Å². The van der Waals surface area contributed by atoms with Gasteiger partial charge in [0.05, 0.1) is 0 Å². The van der Waals surface area contributed by atoms with E-state index in [-0.39, 0.29) is 0 Å². The van der Waals surface area contributed by atoms with Crippen LogP contribution in [0.25, 0.3) is 0 Å². The third kappa shape index (κ3) is 3.10. The summed E-state index contributed by atoms with van der Waals surface area (Å²) in [6.07, 6.45) is 2.67. The van der Waals surface area contributed by atoms with Gasteiger partial charge < -0.3 is 0 Å². The Morgan fingerprint density at radius 3 is 2.72 bits per heavy atom. The molecular formula is C13H20N2O2S. The summed E-state index contributed by atoms with van der Waals surface area (Å²) >= 11 is 0. The molecule has 1 aliphatic rings. The summed E-state index contributed by atoms with van der Waals surface area (Å²) in [5.41, 5.74) is 2.38. The van der Waals surface area contributed by atoms with Gasteiger partial charge in [-0.2, -0.15) is 12.7 Å². The Kier molecular flexibility index (Phi) is 4.37. The van der Waals surface area contributed by atoms with Crippen LogP contribution in [0.5, 0.6) is 0 Å². The molecule has 18 heavy (non-hydrogen) atoms. The third-order valence-electron chi connectivity index (χ3n) is 3.25. The molecule has 5 heteroatoms. The van der Waals surface area contributed by atoms with E-state index in [9.17, 15) is 8.42 Å². The lowest BCUT2D eigenvalue weighted by molar-refractivity contribution is 0.383. The van der Waals surface area contributed by atoms with Gasteiger partial charge in [-0.15, -0.1) is 0 Å². The second-order valence-corrected chi connectivity index (χ2v) is 6.36. The highest BCUT2D eigenvalue weighted by atomic mass is 32.2. The van der Waals surface area contributed by atoms with Gasteiger partial charge >= 0.3 is 0 Å². The Balaban J connectivity index is 2.04. The van der Waals surface area contributed by atoms with E-state index in [2.05, 4.69) is 10.8 Å². The lowest BCUT2D eigenvalue weighted by Gasteiger charge is -2.28. The maximum Gasteiger partial charge on any atom is 0.279 e. The standard InChI is InChI=1S/C13H20N2O2S/c1-2-3-9-14-18(16,17)15-10-8-12-6-4-5-7-13(12)11-15/h4-7,14H,2-3,8-11H2,1H3. The first-order chi connectivity index (χ1) is 8.63. The number of nitrogens with zero attached hydrogens (tertiary/aromatic N) is 1. The molecule has 0 amide bonds. The minimum atomic E-state index is -3.31. The van der Waals surface area contributed by atoms with Crippen molar-refractivity contribution in [3.8, 4) is 0 Å². The van der Waals surface area contributed by atoms with Crippen LogP contribution in [0.3, 0.4) is 0 Å². The summed E-state index contributed by atoms with van der Waals surface area (Å²) in [5, 5.41) is 0. The number of unbranched alkanes of at least 4 members (excludes halogenated alkanes) is 1. The lowest BCUT2D eigenvalue weighted by Crippen LogP contribution is -2.43. The molecule has 1 heterocycles. The fourth-order valence-corrected chi connectivity index (χ4v) is 3.37. The van der Waals surface area contributed by atoms with Crippen LogP contribution in [0, 0.1) is 0 Å². The van der Waals surface area contributed by atoms with Gasteiger partial charge in [-0.3, -0.25) is 0 Å². The third-order valence-corrected chi connectivity index (χ3v) is 4.81. The number of benzene rings is 1. The highest BCUT2D eigenvalue weighted by Crippen LogP contribution is 2.20.